The lowest BCUT2D eigenvalue weighted by Gasteiger charge is -2.28. The number of anilines is 1. The quantitative estimate of drug-likeness (QED) is 0.817. The number of nitrogens with zero attached hydrogens (tertiary/aromatic N) is 1. The summed E-state index contributed by atoms with van der Waals surface area (Å²) in [6.07, 6.45) is 2.42. The van der Waals surface area contributed by atoms with E-state index in [4.69, 9.17) is 5.73 Å². The van der Waals surface area contributed by atoms with Crippen molar-refractivity contribution in [2.24, 2.45) is 5.92 Å². The fraction of sp³-hybridized carbons (Fsp3) is 0.571. The zero-order valence-electron chi connectivity index (χ0n) is 10.6. The Morgan fingerprint density at radius 3 is 2.88 bits per heavy atom. The number of hydrogen-bond donors (Lipinski definition) is 1. The second kappa shape index (κ2) is 5.05. The van der Waals surface area contributed by atoms with Crippen LogP contribution >= 0.6 is 0 Å². The van der Waals surface area contributed by atoms with E-state index >= 15 is 0 Å². The van der Waals surface area contributed by atoms with Gasteiger partial charge >= 0.3 is 0 Å². The molecule has 1 saturated heterocycles. The maximum absolute atomic E-state index is 13.7. The highest BCUT2D eigenvalue weighted by Crippen LogP contribution is 2.27. The van der Waals surface area contributed by atoms with Crippen molar-refractivity contribution in [3.63, 3.8) is 0 Å². The third-order valence-electron chi connectivity index (χ3n) is 3.70. The Balaban J connectivity index is 2.15. The van der Waals surface area contributed by atoms with E-state index < -0.39 is 0 Å². The minimum Gasteiger partial charge on any atom is -0.398 e. The van der Waals surface area contributed by atoms with Crippen LogP contribution in [0.1, 0.15) is 32.3 Å². The predicted octanol–water partition coefficient (Wildman–Crippen LogP) is 3.03. The van der Waals surface area contributed by atoms with Gasteiger partial charge in [-0.2, -0.15) is 0 Å². The highest BCUT2D eigenvalue weighted by molar-refractivity contribution is 5.47. The van der Waals surface area contributed by atoms with Crippen LogP contribution in [-0.2, 0) is 6.54 Å². The summed E-state index contributed by atoms with van der Waals surface area (Å²) in [5, 5.41) is 0. The average molecular weight is 236 g/mol. The van der Waals surface area contributed by atoms with Crippen LogP contribution in [0.4, 0.5) is 10.1 Å². The molecule has 3 heteroatoms. The van der Waals surface area contributed by atoms with E-state index in [1.807, 2.05) is 0 Å². The van der Waals surface area contributed by atoms with Gasteiger partial charge in [0.15, 0.2) is 0 Å². The maximum Gasteiger partial charge on any atom is 0.129 e. The van der Waals surface area contributed by atoms with Gasteiger partial charge in [0, 0.05) is 23.8 Å². The predicted molar refractivity (Wildman–Crippen MR) is 69.1 cm³/mol. The number of likely N-dealkylation sites (tertiary alicyclic amines) is 1. The highest BCUT2D eigenvalue weighted by Gasteiger charge is 2.27. The summed E-state index contributed by atoms with van der Waals surface area (Å²) in [5.74, 6) is 0.435. The Bertz CT molecular complexity index is 370. The Kier molecular flexibility index (Phi) is 3.67. The Labute approximate surface area is 103 Å². The molecule has 1 aliphatic heterocycles. The van der Waals surface area contributed by atoms with Crippen molar-refractivity contribution in [2.45, 2.75) is 39.3 Å². The third-order valence-corrected chi connectivity index (χ3v) is 3.70. The van der Waals surface area contributed by atoms with Gasteiger partial charge in [-0.25, -0.2) is 4.39 Å². The summed E-state index contributed by atoms with van der Waals surface area (Å²) in [4.78, 5) is 2.36. The first-order valence-corrected chi connectivity index (χ1v) is 6.36. The summed E-state index contributed by atoms with van der Waals surface area (Å²) < 4.78 is 13.7. The van der Waals surface area contributed by atoms with Crippen molar-refractivity contribution in [1.82, 2.24) is 4.90 Å². The van der Waals surface area contributed by atoms with Gasteiger partial charge in [-0.05, 0) is 37.4 Å². The van der Waals surface area contributed by atoms with E-state index in [0.29, 0.717) is 29.8 Å². The van der Waals surface area contributed by atoms with Gasteiger partial charge in [0.1, 0.15) is 5.82 Å². The van der Waals surface area contributed by atoms with Gasteiger partial charge in [0.2, 0.25) is 0 Å². The minimum absolute atomic E-state index is 0.181. The Morgan fingerprint density at radius 2 is 2.24 bits per heavy atom. The number of benzene rings is 1. The van der Waals surface area contributed by atoms with Crippen molar-refractivity contribution in [3.05, 3.63) is 29.6 Å². The summed E-state index contributed by atoms with van der Waals surface area (Å²) in [7, 11) is 0. The molecule has 0 bridgehead atoms. The topological polar surface area (TPSA) is 29.3 Å². The summed E-state index contributed by atoms with van der Waals surface area (Å²) >= 11 is 0. The lowest BCUT2D eigenvalue weighted by atomic mass is 10.0. The SMILES string of the molecule is CC(C)C1CCCN1Cc1c(N)cccc1F. The average Bonchev–Trinajstić information content (AvgIpc) is 2.72. The molecule has 2 nitrogen and oxygen atoms in total. The molecule has 0 aromatic heterocycles. The number of rotatable bonds is 3. The molecule has 0 amide bonds. The van der Waals surface area contributed by atoms with Gasteiger partial charge in [0.05, 0.1) is 0 Å². The monoisotopic (exact) mass is 236 g/mol. The van der Waals surface area contributed by atoms with E-state index in [9.17, 15) is 4.39 Å². The molecular formula is C14H21FN2. The largest absolute Gasteiger partial charge is 0.398 e. The standard InChI is InChI=1S/C14H21FN2/c1-10(2)14-7-4-8-17(14)9-11-12(15)5-3-6-13(11)16/h3,5-6,10,14H,4,7-9,16H2,1-2H3. The lowest BCUT2D eigenvalue weighted by molar-refractivity contribution is 0.197. The zero-order valence-corrected chi connectivity index (χ0v) is 10.6. The van der Waals surface area contributed by atoms with Gasteiger partial charge in [-0.3, -0.25) is 4.90 Å². The van der Waals surface area contributed by atoms with Crippen LogP contribution < -0.4 is 5.73 Å². The molecule has 94 valence electrons. The first kappa shape index (κ1) is 12.4. The normalized spacial score (nSPS) is 21.3. The zero-order chi connectivity index (χ0) is 12.4. The highest BCUT2D eigenvalue weighted by atomic mass is 19.1. The number of nitrogen functional groups attached to an aromatic ring is 1. The van der Waals surface area contributed by atoms with Gasteiger partial charge < -0.3 is 5.73 Å². The van der Waals surface area contributed by atoms with Crippen molar-refractivity contribution in [2.75, 3.05) is 12.3 Å². The number of halogens is 1. The van der Waals surface area contributed by atoms with E-state index in [2.05, 4.69) is 18.7 Å². The second-order valence-electron chi connectivity index (χ2n) is 5.23. The molecule has 2 N–H and O–H groups in total. The van der Waals surface area contributed by atoms with Gasteiger partial charge in [-0.15, -0.1) is 0 Å². The molecule has 1 unspecified atom stereocenters. The Morgan fingerprint density at radius 1 is 1.47 bits per heavy atom. The summed E-state index contributed by atoms with van der Waals surface area (Å²) in [5.41, 5.74) is 7.08. The fourth-order valence-electron chi connectivity index (χ4n) is 2.75. The van der Waals surface area contributed by atoms with E-state index in [-0.39, 0.29) is 5.82 Å². The van der Waals surface area contributed by atoms with E-state index in [0.717, 1.165) is 6.54 Å². The molecule has 0 radical (unpaired) electrons. The van der Waals surface area contributed by atoms with E-state index in [1.165, 1.54) is 18.9 Å². The van der Waals surface area contributed by atoms with E-state index in [1.54, 1.807) is 12.1 Å². The lowest BCUT2D eigenvalue weighted by Crippen LogP contribution is -2.33. The molecule has 1 fully saturated rings. The smallest absolute Gasteiger partial charge is 0.129 e. The van der Waals surface area contributed by atoms with Crippen LogP contribution in [0.25, 0.3) is 0 Å². The second-order valence-corrected chi connectivity index (χ2v) is 5.23. The molecule has 0 spiro atoms. The number of hydrogen-bond acceptors (Lipinski definition) is 2. The maximum atomic E-state index is 13.7. The third kappa shape index (κ3) is 2.60. The Hall–Kier alpha value is -1.09. The van der Waals surface area contributed by atoms with Crippen LogP contribution in [0.15, 0.2) is 18.2 Å². The van der Waals surface area contributed by atoms with Crippen molar-refractivity contribution < 1.29 is 4.39 Å². The molecule has 2 rings (SSSR count). The molecule has 0 saturated carbocycles. The van der Waals surface area contributed by atoms with Crippen LogP contribution in [-0.4, -0.2) is 17.5 Å². The van der Waals surface area contributed by atoms with Crippen LogP contribution in [0, 0.1) is 11.7 Å². The van der Waals surface area contributed by atoms with Gasteiger partial charge in [0.25, 0.3) is 0 Å². The first-order valence-electron chi connectivity index (χ1n) is 6.36. The molecule has 1 heterocycles. The summed E-state index contributed by atoms with van der Waals surface area (Å²) in [6.45, 7) is 6.15. The van der Waals surface area contributed by atoms with Crippen molar-refractivity contribution in [3.8, 4) is 0 Å². The van der Waals surface area contributed by atoms with Crippen LogP contribution in [0.5, 0.6) is 0 Å². The number of nitrogens with two attached hydrogens (primary N) is 1. The molecule has 1 aliphatic rings. The molecular weight excluding hydrogens is 215 g/mol. The van der Waals surface area contributed by atoms with Gasteiger partial charge in [-0.1, -0.05) is 19.9 Å². The van der Waals surface area contributed by atoms with Crippen molar-refractivity contribution >= 4 is 5.69 Å². The fourth-order valence-corrected chi connectivity index (χ4v) is 2.75. The van der Waals surface area contributed by atoms with Crippen LogP contribution in [0.2, 0.25) is 0 Å². The molecule has 1 atom stereocenters. The summed E-state index contributed by atoms with van der Waals surface area (Å²) in [6, 6.07) is 5.50. The molecule has 1 aromatic rings. The first-order chi connectivity index (χ1) is 8.09. The molecule has 17 heavy (non-hydrogen) atoms. The van der Waals surface area contributed by atoms with Crippen molar-refractivity contribution in [1.29, 1.82) is 0 Å². The molecule has 1 aromatic carbocycles. The van der Waals surface area contributed by atoms with Crippen LogP contribution in [0.3, 0.4) is 0 Å². The molecule has 0 aliphatic carbocycles. The minimum atomic E-state index is -0.181.